The average molecular weight is 305 g/mol. The molecule has 0 aliphatic heterocycles. The van der Waals surface area contributed by atoms with E-state index in [-0.39, 0.29) is 11.3 Å². The van der Waals surface area contributed by atoms with E-state index < -0.39 is 11.9 Å². The predicted octanol–water partition coefficient (Wildman–Crippen LogP) is 3.30. The quantitative estimate of drug-likeness (QED) is 0.912. The summed E-state index contributed by atoms with van der Waals surface area (Å²) >= 11 is 5.77. The van der Waals surface area contributed by atoms with Crippen molar-refractivity contribution in [3.8, 4) is 0 Å². The summed E-state index contributed by atoms with van der Waals surface area (Å²) in [4.78, 5) is 27.6. The molecule has 5 nitrogen and oxygen atoms in total. The molecule has 21 heavy (non-hydrogen) atoms. The molecule has 2 N–H and O–H groups in total. The highest BCUT2D eigenvalue weighted by molar-refractivity contribution is 6.31. The van der Waals surface area contributed by atoms with Gasteiger partial charge in [0.25, 0.3) is 5.91 Å². The molecule has 0 saturated carbocycles. The first-order chi connectivity index (χ1) is 9.88. The van der Waals surface area contributed by atoms with Crippen LogP contribution in [-0.2, 0) is 0 Å². The van der Waals surface area contributed by atoms with Crippen molar-refractivity contribution in [1.82, 2.24) is 4.98 Å². The van der Waals surface area contributed by atoms with Gasteiger partial charge in [0.15, 0.2) is 0 Å². The van der Waals surface area contributed by atoms with Crippen LogP contribution in [0.2, 0.25) is 5.02 Å². The third kappa shape index (κ3) is 3.38. The molecule has 0 radical (unpaired) electrons. The highest BCUT2D eigenvalue weighted by Gasteiger charge is 2.15. The largest absolute Gasteiger partial charge is 0.478 e. The van der Waals surface area contributed by atoms with E-state index in [4.69, 9.17) is 16.7 Å². The summed E-state index contributed by atoms with van der Waals surface area (Å²) in [6.07, 6.45) is 0. The number of benzene rings is 1. The first-order valence-electron chi connectivity index (χ1n) is 6.17. The zero-order chi connectivity index (χ0) is 15.6. The molecule has 0 fully saturated rings. The monoisotopic (exact) mass is 304 g/mol. The van der Waals surface area contributed by atoms with Crippen molar-refractivity contribution < 1.29 is 14.7 Å². The molecule has 1 aromatic heterocycles. The first-order valence-corrected chi connectivity index (χ1v) is 6.54. The van der Waals surface area contributed by atoms with E-state index in [2.05, 4.69) is 10.3 Å². The molecule has 0 aliphatic carbocycles. The average Bonchev–Trinajstić information content (AvgIpc) is 2.40. The Balaban J connectivity index is 2.34. The van der Waals surface area contributed by atoms with Crippen molar-refractivity contribution in [2.45, 2.75) is 13.8 Å². The third-order valence-corrected chi connectivity index (χ3v) is 3.16. The van der Waals surface area contributed by atoms with E-state index in [0.29, 0.717) is 16.3 Å². The highest BCUT2D eigenvalue weighted by Crippen LogP contribution is 2.21. The molecule has 0 bridgehead atoms. The number of rotatable bonds is 3. The maximum atomic E-state index is 12.2. The van der Waals surface area contributed by atoms with Gasteiger partial charge >= 0.3 is 5.97 Å². The molecule has 0 unspecified atom stereocenters. The maximum Gasteiger partial charge on any atom is 0.337 e. The second-order valence-corrected chi connectivity index (χ2v) is 4.97. The van der Waals surface area contributed by atoms with Crippen molar-refractivity contribution in [2.24, 2.45) is 0 Å². The Hall–Kier alpha value is -2.40. The van der Waals surface area contributed by atoms with Gasteiger partial charge in [0.1, 0.15) is 0 Å². The molecule has 1 amide bonds. The number of nitrogens with one attached hydrogen (secondary N) is 1. The zero-order valence-electron chi connectivity index (χ0n) is 11.5. The predicted molar refractivity (Wildman–Crippen MR) is 80.1 cm³/mol. The number of carboxylic acid groups (broad SMARTS) is 1. The second kappa shape index (κ2) is 5.93. The van der Waals surface area contributed by atoms with Gasteiger partial charge in [0, 0.05) is 10.7 Å². The van der Waals surface area contributed by atoms with Crippen LogP contribution in [0.15, 0.2) is 30.3 Å². The summed E-state index contributed by atoms with van der Waals surface area (Å²) in [5.74, 6) is -1.57. The molecule has 0 aliphatic rings. The van der Waals surface area contributed by atoms with Crippen molar-refractivity contribution in [3.05, 3.63) is 57.9 Å². The molecule has 0 saturated heterocycles. The molecule has 2 rings (SSSR count). The Morgan fingerprint density at radius 1 is 1.14 bits per heavy atom. The Morgan fingerprint density at radius 2 is 1.86 bits per heavy atom. The molecule has 108 valence electrons. The fraction of sp³-hybridized carbons (Fsp3) is 0.133. The van der Waals surface area contributed by atoms with Crippen LogP contribution < -0.4 is 5.32 Å². The molecule has 2 aromatic rings. The minimum atomic E-state index is -1.16. The highest BCUT2D eigenvalue weighted by atomic mass is 35.5. The number of hydrogen-bond donors (Lipinski definition) is 2. The number of aromatic carboxylic acids is 1. The Morgan fingerprint density at radius 3 is 2.48 bits per heavy atom. The van der Waals surface area contributed by atoms with Crippen molar-refractivity contribution >= 4 is 29.2 Å². The van der Waals surface area contributed by atoms with Crippen molar-refractivity contribution in [1.29, 1.82) is 0 Å². The van der Waals surface area contributed by atoms with E-state index in [1.807, 2.05) is 6.92 Å². The normalized spacial score (nSPS) is 10.2. The number of hydrogen-bond acceptors (Lipinski definition) is 3. The fourth-order valence-corrected chi connectivity index (χ4v) is 2.09. The number of pyridine rings is 1. The topological polar surface area (TPSA) is 79.3 Å². The Bertz CT molecular complexity index is 729. The maximum absolute atomic E-state index is 12.2. The Labute approximate surface area is 126 Å². The van der Waals surface area contributed by atoms with E-state index in [9.17, 15) is 9.59 Å². The number of carbonyl (C=O) groups excluding carboxylic acids is 1. The van der Waals surface area contributed by atoms with Crippen LogP contribution in [0.5, 0.6) is 0 Å². The summed E-state index contributed by atoms with van der Waals surface area (Å²) in [5, 5.41) is 12.0. The lowest BCUT2D eigenvalue weighted by molar-refractivity contribution is 0.0698. The molecule has 1 heterocycles. The van der Waals surface area contributed by atoms with Crippen LogP contribution >= 0.6 is 11.6 Å². The number of aromatic nitrogens is 1. The number of anilines is 1. The lowest BCUT2D eigenvalue weighted by Crippen LogP contribution is -2.16. The smallest absolute Gasteiger partial charge is 0.337 e. The van der Waals surface area contributed by atoms with E-state index in [1.54, 1.807) is 19.1 Å². The lowest BCUT2D eigenvalue weighted by Gasteiger charge is -2.10. The minimum Gasteiger partial charge on any atom is -0.478 e. The summed E-state index contributed by atoms with van der Waals surface area (Å²) in [7, 11) is 0. The number of carboxylic acids is 1. The molecule has 1 aromatic carbocycles. The van der Waals surface area contributed by atoms with Gasteiger partial charge < -0.3 is 10.4 Å². The van der Waals surface area contributed by atoms with Crippen LogP contribution in [-0.4, -0.2) is 22.0 Å². The summed E-state index contributed by atoms with van der Waals surface area (Å²) in [5.41, 5.74) is 1.91. The van der Waals surface area contributed by atoms with Gasteiger partial charge in [0.05, 0.1) is 22.5 Å². The van der Waals surface area contributed by atoms with Gasteiger partial charge in [-0.15, -0.1) is 0 Å². The molecule has 0 atom stereocenters. The number of carbonyl (C=O) groups is 2. The van der Waals surface area contributed by atoms with Crippen LogP contribution in [0.1, 0.15) is 32.1 Å². The molecule has 6 heteroatoms. The number of amides is 1. The van der Waals surface area contributed by atoms with Gasteiger partial charge in [0.2, 0.25) is 0 Å². The van der Waals surface area contributed by atoms with Crippen LogP contribution in [0.4, 0.5) is 5.69 Å². The SMILES string of the molecule is Cc1ccc(C(=O)Nc2ccc(Cl)cc2C(=O)O)c(C)n1. The summed E-state index contributed by atoms with van der Waals surface area (Å²) in [6, 6.07) is 7.65. The van der Waals surface area contributed by atoms with Crippen LogP contribution in [0, 0.1) is 13.8 Å². The van der Waals surface area contributed by atoms with Gasteiger partial charge in [-0.1, -0.05) is 11.6 Å². The van der Waals surface area contributed by atoms with Gasteiger partial charge in [-0.3, -0.25) is 9.78 Å². The number of nitrogens with zero attached hydrogens (tertiary/aromatic N) is 1. The standard InChI is InChI=1S/C15H13ClN2O3/c1-8-3-5-11(9(2)17-8)14(19)18-13-6-4-10(16)7-12(13)15(20)21/h3-7H,1-2H3,(H,18,19)(H,20,21). The van der Waals surface area contributed by atoms with Crippen LogP contribution in [0.3, 0.4) is 0 Å². The van der Waals surface area contributed by atoms with Crippen LogP contribution in [0.25, 0.3) is 0 Å². The van der Waals surface area contributed by atoms with Gasteiger partial charge in [-0.2, -0.15) is 0 Å². The minimum absolute atomic E-state index is 0.0615. The summed E-state index contributed by atoms with van der Waals surface area (Å²) < 4.78 is 0. The number of aryl methyl sites for hydroxylation is 2. The molecular formula is C15H13ClN2O3. The van der Waals surface area contributed by atoms with E-state index in [0.717, 1.165) is 5.69 Å². The third-order valence-electron chi connectivity index (χ3n) is 2.93. The lowest BCUT2D eigenvalue weighted by atomic mass is 10.1. The van der Waals surface area contributed by atoms with E-state index >= 15 is 0 Å². The Kier molecular flexibility index (Phi) is 4.23. The van der Waals surface area contributed by atoms with Crippen molar-refractivity contribution in [2.75, 3.05) is 5.32 Å². The van der Waals surface area contributed by atoms with Crippen molar-refractivity contribution in [3.63, 3.8) is 0 Å². The van der Waals surface area contributed by atoms with E-state index in [1.165, 1.54) is 18.2 Å². The second-order valence-electron chi connectivity index (χ2n) is 4.53. The fourth-order valence-electron chi connectivity index (χ4n) is 1.92. The van der Waals surface area contributed by atoms with Gasteiger partial charge in [-0.25, -0.2) is 4.79 Å². The number of halogens is 1. The van der Waals surface area contributed by atoms with Gasteiger partial charge in [-0.05, 0) is 44.2 Å². The zero-order valence-corrected chi connectivity index (χ0v) is 12.2. The molecule has 0 spiro atoms. The first kappa shape index (κ1) is 15.0. The molecular weight excluding hydrogens is 292 g/mol. The summed E-state index contributed by atoms with van der Waals surface area (Å²) in [6.45, 7) is 3.55.